The van der Waals surface area contributed by atoms with E-state index in [-0.39, 0.29) is 0 Å². The van der Waals surface area contributed by atoms with Crippen LogP contribution in [0.3, 0.4) is 0 Å². The number of rotatable bonds is 6. The van der Waals surface area contributed by atoms with Gasteiger partial charge in [-0.25, -0.2) is 0 Å². The molecule has 1 nitrogen and oxygen atoms in total. The van der Waals surface area contributed by atoms with E-state index in [0.29, 0.717) is 5.41 Å². The first kappa shape index (κ1) is 13.0. The highest BCUT2D eigenvalue weighted by molar-refractivity contribution is 7.99. The van der Waals surface area contributed by atoms with Gasteiger partial charge in [0.1, 0.15) is 0 Å². The third-order valence-electron chi connectivity index (χ3n) is 3.36. The third-order valence-corrected chi connectivity index (χ3v) is 4.75. The SMILES string of the molecule is C/C=C/OCCCC1(CC)CCCSC1. The fourth-order valence-corrected chi connectivity index (χ4v) is 3.68. The van der Waals surface area contributed by atoms with Gasteiger partial charge in [0, 0.05) is 0 Å². The summed E-state index contributed by atoms with van der Waals surface area (Å²) in [6.45, 7) is 5.22. The summed E-state index contributed by atoms with van der Waals surface area (Å²) in [6, 6.07) is 0. The average Bonchev–Trinajstić information content (AvgIpc) is 2.30. The van der Waals surface area contributed by atoms with Crippen LogP contribution in [0.1, 0.15) is 46.0 Å². The summed E-state index contributed by atoms with van der Waals surface area (Å²) >= 11 is 2.14. The van der Waals surface area contributed by atoms with E-state index in [1.807, 2.05) is 13.0 Å². The Morgan fingerprint density at radius 1 is 1.47 bits per heavy atom. The molecule has 0 spiro atoms. The molecule has 1 atom stereocenters. The third kappa shape index (κ3) is 4.50. The second-order valence-electron chi connectivity index (χ2n) is 4.45. The van der Waals surface area contributed by atoms with E-state index in [4.69, 9.17) is 4.74 Å². The van der Waals surface area contributed by atoms with Crippen LogP contribution in [-0.4, -0.2) is 18.1 Å². The molecule has 0 aliphatic carbocycles. The maximum absolute atomic E-state index is 5.38. The zero-order valence-electron chi connectivity index (χ0n) is 10.1. The van der Waals surface area contributed by atoms with E-state index >= 15 is 0 Å². The molecule has 0 amide bonds. The average molecular weight is 228 g/mol. The second-order valence-corrected chi connectivity index (χ2v) is 5.56. The lowest BCUT2D eigenvalue weighted by atomic mass is 9.78. The van der Waals surface area contributed by atoms with Crippen LogP contribution in [0.4, 0.5) is 0 Å². The molecular formula is C13H24OS. The Morgan fingerprint density at radius 3 is 2.93 bits per heavy atom. The fraction of sp³-hybridized carbons (Fsp3) is 0.846. The molecule has 0 aromatic rings. The van der Waals surface area contributed by atoms with Crippen molar-refractivity contribution in [3.8, 4) is 0 Å². The van der Waals surface area contributed by atoms with Crippen molar-refractivity contribution in [3.63, 3.8) is 0 Å². The Hall–Kier alpha value is -0.110. The predicted molar refractivity (Wildman–Crippen MR) is 69.3 cm³/mol. The maximum atomic E-state index is 5.38. The fourth-order valence-electron chi connectivity index (χ4n) is 2.26. The molecule has 1 aliphatic rings. The molecule has 0 aromatic heterocycles. The number of allylic oxidation sites excluding steroid dienone is 1. The summed E-state index contributed by atoms with van der Waals surface area (Å²) < 4.78 is 5.38. The van der Waals surface area contributed by atoms with Gasteiger partial charge in [-0.1, -0.05) is 13.0 Å². The topological polar surface area (TPSA) is 9.23 Å². The highest BCUT2D eigenvalue weighted by Crippen LogP contribution is 2.40. The smallest absolute Gasteiger partial charge is 0.0873 e. The summed E-state index contributed by atoms with van der Waals surface area (Å²) in [5.74, 6) is 2.74. The van der Waals surface area contributed by atoms with E-state index in [0.717, 1.165) is 6.61 Å². The number of hydrogen-bond acceptors (Lipinski definition) is 2. The van der Waals surface area contributed by atoms with Crippen LogP contribution < -0.4 is 0 Å². The number of thioether (sulfide) groups is 1. The summed E-state index contributed by atoms with van der Waals surface area (Å²) in [5, 5.41) is 0. The summed E-state index contributed by atoms with van der Waals surface area (Å²) in [5.41, 5.74) is 0.627. The first-order valence-electron chi connectivity index (χ1n) is 6.13. The molecule has 0 bridgehead atoms. The lowest BCUT2D eigenvalue weighted by molar-refractivity contribution is 0.194. The molecule has 1 rings (SSSR count). The maximum Gasteiger partial charge on any atom is 0.0873 e. The Bertz CT molecular complexity index is 183. The molecule has 0 N–H and O–H groups in total. The molecule has 0 aromatic carbocycles. The van der Waals surface area contributed by atoms with Crippen LogP contribution in [0.15, 0.2) is 12.3 Å². The molecule has 1 saturated heterocycles. The minimum atomic E-state index is 0.627. The Balaban J connectivity index is 2.20. The minimum absolute atomic E-state index is 0.627. The van der Waals surface area contributed by atoms with Crippen molar-refractivity contribution in [2.45, 2.75) is 46.0 Å². The first-order chi connectivity index (χ1) is 7.33. The normalized spacial score (nSPS) is 27.1. The van der Waals surface area contributed by atoms with Gasteiger partial charge in [-0.15, -0.1) is 0 Å². The van der Waals surface area contributed by atoms with Crippen molar-refractivity contribution >= 4 is 11.8 Å². The lowest BCUT2D eigenvalue weighted by Crippen LogP contribution is -2.27. The van der Waals surface area contributed by atoms with Gasteiger partial charge >= 0.3 is 0 Å². The molecule has 0 radical (unpaired) electrons. The van der Waals surface area contributed by atoms with Crippen LogP contribution in [-0.2, 0) is 4.74 Å². The van der Waals surface area contributed by atoms with Gasteiger partial charge in [0.15, 0.2) is 0 Å². The van der Waals surface area contributed by atoms with Crippen molar-refractivity contribution in [2.24, 2.45) is 5.41 Å². The number of hydrogen-bond donors (Lipinski definition) is 0. The second kappa shape index (κ2) is 7.21. The largest absolute Gasteiger partial charge is 0.502 e. The van der Waals surface area contributed by atoms with Crippen molar-refractivity contribution < 1.29 is 4.74 Å². The van der Waals surface area contributed by atoms with E-state index in [1.165, 1.54) is 43.6 Å². The van der Waals surface area contributed by atoms with Gasteiger partial charge in [-0.2, -0.15) is 11.8 Å². The van der Waals surface area contributed by atoms with Gasteiger partial charge < -0.3 is 4.74 Å². The van der Waals surface area contributed by atoms with Crippen LogP contribution >= 0.6 is 11.8 Å². The molecule has 1 heterocycles. The van der Waals surface area contributed by atoms with Crippen molar-refractivity contribution in [1.29, 1.82) is 0 Å². The Kier molecular flexibility index (Phi) is 6.23. The Labute approximate surface area is 98.7 Å². The Morgan fingerprint density at radius 2 is 2.33 bits per heavy atom. The zero-order chi connectivity index (χ0) is 11.0. The van der Waals surface area contributed by atoms with E-state index < -0.39 is 0 Å². The van der Waals surface area contributed by atoms with Crippen LogP contribution in [0.2, 0.25) is 0 Å². The zero-order valence-corrected chi connectivity index (χ0v) is 10.9. The van der Waals surface area contributed by atoms with Gasteiger partial charge in [-0.05, 0) is 55.9 Å². The van der Waals surface area contributed by atoms with Crippen molar-refractivity contribution in [3.05, 3.63) is 12.3 Å². The summed E-state index contributed by atoms with van der Waals surface area (Å²) in [7, 11) is 0. The van der Waals surface area contributed by atoms with E-state index in [9.17, 15) is 0 Å². The highest BCUT2D eigenvalue weighted by Gasteiger charge is 2.29. The molecule has 15 heavy (non-hydrogen) atoms. The van der Waals surface area contributed by atoms with Crippen molar-refractivity contribution in [2.75, 3.05) is 18.1 Å². The molecule has 0 saturated carbocycles. The standard InChI is InChI=1S/C13H24OS/c1-3-9-14-10-5-7-13(4-2)8-6-11-15-12-13/h3,9H,4-8,10-12H2,1-2H3/b9-3+. The number of ether oxygens (including phenoxy) is 1. The monoisotopic (exact) mass is 228 g/mol. The summed E-state index contributed by atoms with van der Waals surface area (Å²) in [4.78, 5) is 0. The van der Waals surface area contributed by atoms with Crippen LogP contribution in [0.5, 0.6) is 0 Å². The predicted octanol–water partition coefficient (Wildman–Crippen LogP) is 4.24. The van der Waals surface area contributed by atoms with Gasteiger partial charge in [0.25, 0.3) is 0 Å². The quantitative estimate of drug-likeness (QED) is 0.497. The summed E-state index contributed by atoms with van der Waals surface area (Å²) in [6.07, 6.45) is 10.5. The molecule has 1 aliphatic heterocycles. The van der Waals surface area contributed by atoms with Crippen LogP contribution in [0, 0.1) is 5.41 Å². The molecule has 2 heteroatoms. The van der Waals surface area contributed by atoms with Crippen LogP contribution in [0.25, 0.3) is 0 Å². The van der Waals surface area contributed by atoms with Gasteiger partial charge in [0.05, 0.1) is 12.9 Å². The lowest BCUT2D eigenvalue weighted by Gasteiger charge is -2.36. The molecular weight excluding hydrogens is 204 g/mol. The first-order valence-corrected chi connectivity index (χ1v) is 7.29. The molecule has 1 fully saturated rings. The highest BCUT2D eigenvalue weighted by atomic mass is 32.2. The van der Waals surface area contributed by atoms with E-state index in [2.05, 4.69) is 18.7 Å². The molecule has 1 unspecified atom stereocenters. The van der Waals surface area contributed by atoms with Crippen molar-refractivity contribution in [1.82, 2.24) is 0 Å². The molecule has 88 valence electrons. The van der Waals surface area contributed by atoms with Gasteiger partial charge in [0.2, 0.25) is 0 Å². The van der Waals surface area contributed by atoms with E-state index in [1.54, 1.807) is 6.26 Å². The minimum Gasteiger partial charge on any atom is -0.502 e. The van der Waals surface area contributed by atoms with Gasteiger partial charge in [-0.3, -0.25) is 0 Å².